The summed E-state index contributed by atoms with van der Waals surface area (Å²) < 4.78 is 24.3. The minimum absolute atomic E-state index is 0.143. The van der Waals surface area contributed by atoms with Crippen LogP contribution < -0.4 is 14.8 Å². The molecule has 0 aliphatic heterocycles. The number of carbonyl (C=O) groups is 2. The number of ether oxygens (including phenoxy) is 2. The second-order valence-electron chi connectivity index (χ2n) is 6.57. The van der Waals surface area contributed by atoms with Gasteiger partial charge in [-0.3, -0.25) is 9.59 Å². The fraction of sp³-hybridized carbons (Fsp3) is 0.364. The van der Waals surface area contributed by atoms with E-state index >= 15 is 0 Å². The summed E-state index contributed by atoms with van der Waals surface area (Å²) >= 11 is 0. The van der Waals surface area contributed by atoms with Crippen LogP contribution in [-0.2, 0) is 4.79 Å². The molecule has 0 fully saturated rings. The van der Waals surface area contributed by atoms with Crippen LogP contribution in [0.25, 0.3) is 0 Å². The number of hydrogen-bond acceptors (Lipinski definition) is 4. The van der Waals surface area contributed by atoms with Gasteiger partial charge in [0.05, 0.1) is 19.8 Å². The highest BCUT2D eigenvalue weighted by molar-refractivity contribution is 5.99. The van der Waals surface area contributed by atoms with Crippen molar-refractivity contribution in [3.8, 4) is 11.5 Å². The van der Waals surface area contributed by atoms with Crippen molar-refractivity contribution in [2.45, 2.75) is 26.7 Å². The van der Waals surface area contributed by atoms with E-state index in [2.05, 4.69) is 5.32 Å². The molecule has 2 aromatic rings. The molecule has 0 saturated heterocycles. The summed E-state index contributed by atoms with van der Waals surface area (Å²) in [6.07, 6.45) is 1.69. The smallest absolute Gasteiger partial charge is 0.254 e. The predicted molar refractivity (Wildman–Crippen MR) is 110 cm³/mol. The molecule has 1 N–H and O–H groups in total. The summed E-state index contributed by atoms with van der Waals surface area (Å²) in [5.74, 6) is 0.0204. The van der Waals surface area contributed by atoms with Crippen LogP contribution in [0.3, 0.4) is 0 Å². The quantitative estimate of drug-likeness (QED) is 0.649. The van der Waals surface area contributed by atoms with Crippen LogP contribution in [0.4, 0.5) is 10.1 Å². The van der Waals surface area contributed by atoms with E-state index in [1.807, 2.05) is 13.8 Å². The molecule has 0 aliphatic carbocycles. The van der Waals surface area contributed by atoms with Gasteiger partial charge >= 0.3 is 0 Å². The highest BCUT2D eigenvalue weighted by atomic mass is 19.1. The van der Waals surface area contributed by atoms with Gasteiger partial charge in [-0.25, -0.2) is 4.39 Å². The topological polar surface area (TPSA) is 67.9 Å². The van der Waals surface area contributed by atoms with Crippen LogP contribution in [-0.4, -0.2) is 43.5 Å². The molecule has 0 unspecified atom stereocenters. The molecule has 0 radical (unpaired) electrons. The number of nitrogens with zero attached hydrogens (tertiary/aromatic N) is 1. The largest absolute Gasteiger partial charge is 0.490 e. The number of nitrogens with one attached hydrogen (secondary N) is 1. The first-order valence-corrected chi connectivity index (χ1v) is 9.65. The summed E-state index contributed by atoms with van der Waals surface area (Å²) in [5.41, 5.74) is 0.863. The van der Waals surface area contributed by atoms with Crippen molar-refractivity contribution in [1.29, 1.82) is 0 Å². The average Bonchev–Trinajstić information content (AvgIpc) is 2.72. The van der Waals surface area contributed by atoms with Gasteiger partial charge in [0.1, 0.15) is 5.82 Å². The molecule has 156 valence electrons. The van der Waals surface area contributed by atoms with Crippen molar-refractivity contribution in [3.05, 3.63) is 53.8 Å². The van der Waals surface area contributed by atoms with Crippen molar-refractivity contribution in [1.82, 2.24) is 4.90 Å². The normalized spacial score (nSPS) is 10.3. The van der Waals surface area contributed by atoms with E-state index in [4.69, 9.17) is 9.47 Å². The first-order chi connectivity index (χ1) is 13.9. The van der Waals surface area contributed by atoms with Crippen molar-refractivity contribution < 1.29 is 23.5 Å². The van der Waals surface area contributed by atoms with E-state index in [1.54, 1.807) is 25.2 Å². The SMILES string of the molecule is CCCOc1ccc(C(=O)N(C)CC(=O)Nc2ccc(F)cc2)cc1OCCC. The Balaban J connectivity index is 2.04. The fourth-order valence-corrected chi connectivity index (χ4v) is 2.54. The number of likely N-dealkylation sites (N-methyl/N-ethyl adjacent to an activating group) is 1. The van der Waals surface area contributed by atoms with Crippen molar-refractivity contribution in [2.75, 3.05) is 32.1 Å². The van der Waals surface area contributed by atoms with Crippen LogP contribution >= 0.6 is 0 Å². The molecule has 0 heterocycles. The summed E-state index contributed by atoms with van der Waals surface area (Å²) in [7, 11) is 1.54. The van der Waals surface area contributed by atoms with E-state index in [-0.39, 0.29) is 24.2 Å². The van der Waals surface area contributed by atoms with E-state index in [9.17, 15) is 14.0 Å². The molecule has 0 aliphatic rings. The zero-order chi connectivity index (χ0) is 21.2. The van der Waals surface area contributed by atoms with Crippen molar-refractivity contribution in [3.63, 3.8) is 0 Å². The average molecular weight is 402 g/mol. The Morgan fingerprint density at radius 1 is 0.966 bits per heavy atom. The molecule has 0 atom stereocenters. The summed E-state index contributed by atoms with van der Waals surface area (Å²) in [6, 6.07) is 10.4. The van der Waals surface area contributed by atoms with Crippen LogP contribution in [0.2, 0.25) is 0 Å². The third kappa shape index (κ3) is 6.78. The van der Waals surface area contributed by atoms with Gasteiger partial charge in [-0.05, 0) is 55.3 Å². The maximum atomic E-state index is 13.0. The van der Waals surface area contributed by atoms with Crippen LogP contribution in [0.15, 0.2) is 42.5 Å². The molecule has 2 rings (SSSR count). The monoisotopic (exact) mass is 402 g/mol. The Hall–Kier alpha value is -3.09. The number of anilines is 1. The third-order valence-electron chi connectivity index (χ3n) is 3.97. The van der Waals surface area contributed by atoms with Gasteiger partial charge in [0.15, 0.2) is 11.5 Å². The van der Waals surface area contributed by atoms with Gasteiger partial charge in [-0.15, -0.1) is 0 Å². The number of rotatable bonds is 10. The Morgan fingerprint density at radius 3 is 2.21 bits per heavy atom. The van der Waals surface area contributed by atoms with E-state index < -0.39 is 0 Å². The lowest BCUT2D eigenvalue weighted by Crippen LogP contribution is -2.34. The maximum Gasteiger partial charge on any atom is 0.254 e. The molecular weight excluding hydrogens is 375 g/mol. The molecule has 0 bridgehead atoms. The molecule has 0 saturated carbocycles. The van der Waals surface area contributed by atoms with Gasteiger partial charge in [-0.1, -0.05) is 13.8 Å². The second-order valence-corrected chi connectivity index (χ2v) is 6.57. The van der Waals surface area contributed by atoms with Gasteiger partial charge in [0.2, 0.25) is 5.91 Å². The van der Waals surface area contributed by atoms with Crippen molar-refractivity contribution >= 4 is 17.5 Å². The minimum Gasteiger partial charge on any atom is -0.490 e. The number of hydrogen-bond donors (Lipinski definition) is 1. The molecular formula is C22H27FN2O4. The predicted octanol–water partition coefficient (Wildman–Crippen LogP) is 4.11. The zero-order valence-electron chi connectivity index (χ0n) is 17.0. The molecule has 7 heteroatoms. The second kappa shape index (κ2) is 11.0. The highest BCUT2D eigenvalue weighted by Gasteiger charge is 2.18. The Kier molecular flexibility index (Phi) is 8.45. The summed E-state index contributed by atoms with van der Waals surface area (Å²) in [5, 5.41) is 2.63. The van der Waals surface area contributed by atoms with E-state index in [0.717, 1.165) is 12.8 Å². The fourth-order valence-electron chi connectivity index (χ4n) is 2.54. The summed E-state index contributed by atoms with van der Waals surface area (Å²) in [4.78, 5) is 26.2. The number of carbonyl (C=O) groups excluding carboxylic acids is 2. The highest BCUT2D eigenvalue weighted by Crippen LogP contribution is 2.29. The van der Waals surface area contributed by atoms with Crippen molar-refractivity contribution in [2.24, 2.45) is 0 Å². The molecule has 2 aromatic carbocycles. The lowest BCUT2D eigenvalue weighted by molar-refractivity contribution is -0.116. The van der Waals surface area contributed by atoms with Crippen LogP contribution in [0.5, 0.6) is 11.5 Å². The molecule has 6 nitrogen and oxygen atoms in total. The lowest BCUT2D eigenvalue weighted by Gasteiger charge is -2.18. The first-order valence-electron chi connectivity index (χ1n) is 9.65. The van der Waals surface area contributed by atoms with Gasteiger partial charge in [0, 0.05) is 18.3 Å². The number of amides is 2. The van der Waals surface area contributed by atoms with Crippen LogP contribution in [0.1, 0.15) is 37.0 Å². The van der Waals surface area contributed by atoms with Gasteiger partial charge in [0.25, 0.3) is 5.91 Å². The molecule has 0 spiro atoms. The summed E-state index contributed by atoms with van der Waals surface area (Å²) in [6.45, 7) is 4.93. The first kappa shape index (κ1) is 22.2. The maximum absolute atomic E-state index is 13.0. The lowest BCUT2D eigenvalue weighted by atomic mass is 10.1. The van der Waals surface area contributed by atoms with Gasteiger partial charge < -0.3 is 19.7 Å². The molecule has 29 heavy (non-hydrogen) atoms. The van der Waals surface area contributed by atoms with Crippen LogP contribution in [0, 0.1) is 5.82 Å². The third-order valence-corrected chi connectivity index (χ3v) is 3.97. The Bertz CT molecular complexity index is 824. The molecule has 0 aromatic heterocycles. The number of benzene rings is 2. The van der Waals surface area contributed by atoms with Gasteiger partial charge in [-0.2, -0.15) is 0 Å². The van der Waals surface area contributed by atoms with E-state index in [1.165, 1.54) is 29.2 Å². The molecule has 2 amide bonds. The Labute approximate surface area is 170 Å². The minimum atomic E-state index is -0.386. The zero-order valence-corrected chi connectivity index (χ0v) is 17.0. The standard InChI is InChI=1S/C22H27FN2O4/c1-4-12-28-19-11-6-16(14-20(19)29-13-5-2)22(27)25(3)15-21(26)24-18-9-7-17(23)8-10-18/h6-11,14H,4-5,12-13,15H2,1-3H3,(H,24,26). The number of halogens is 1. The Morgan fingerprint density at radius 2 is 1.59 bits per heavy atom. The van der Waals surface area contributed by atoms with E-state index in [0.29, 0.717) is 36.0 Å².